The van der Waals surface area contributed by atoms with E-state index < -0.39 is 0 Å². The highest BCUT2D eigenvalue weighted by molar-refractivity contribution is 5.94. The van der Waals surface area contributed by atoms with Gasteiger partial charge in [0.2, 0.25) is 0 Å². The fraction of sp³-hybridized carbons (Fsp3) is 0.375. The minimum Gasteiger partial charge on any atom is -0.497 e. The van der Waals surface area contributed by atoms with Gasteiger partial charge < -0.3 is 19.3 Å². The maximum Gasteiger partial charge on any atom is 0.159 e. The maximum atomic E-state index is 11.5. The van der Waals surface area contributed by atoms with Crippen LogP contribution in [0.25, 0.3) is 0 Å². The lowest BCUT2D eigenvalue weighted by Gasteiger charge is -2.39. The summed E-state index contributed by atoms with van der Waals surface area (Å²) in [7, 11) is 1.66. The van der Waals surface area contributed by atoms with E-state index in [1.165, 1.54) is 67.7 Å². The molecule has 2 fully saturated rings. The molecule has 0 radical (unpaired) electrons. The minimum absolute atomic E-state index is 0.0697. The number of benzene rings is 4. The molecule has 2 heterocycles. The Balaban J connectivity index is 0.000000436. The Morgan fingerprint density at radius 1 is 0.644 bits per heavy atom. The molecular formula is C40H48N2O3. The average Bonchev–Trinajstić information content (AvgIpc) is 3.08. The predicted molar refractivity (Wildman–Crippen MR) is 186 cm³/mol. The Morgan fingerprint density at radius 2 is 1.18 bits per heavy atom. The monoisotopic (exact) mass is 604 g/mol. The number of aryl methyl sites for hydroxylation is 2. The molecule has 45 heavy (non-hydrogen) atoms. The van der Waals surface area contributed by atoms with Gasteiger partial charge in [-0.05, 0) is 124 Å². The third-order valence-corrected chi connectivity index (χ3v) is 9.35. The van der Waals surface area contributed by atoms with Crippen molar-refractivity contribution in [2.45, 2.75) is 52.9 Å². The molecule has 0 aliphatic carbocycles. The van der Waals surface area contributed by atoms with Crippen LogP contribution in [0.1, 0.15) is 60.5 Å². The Morgan fingerprint density at radius 3 is 1.73 bits per heavy atom. The second-order valence-electron chi connectivity index (χ2n) is 12.5. The number of Topliss-reactive ketones (excluding diaryl/α,β-unsaturated/α-hetero) is 1. The summed E-state index contributed by atoms with van der Waals surface area (Å²) in [5.41, 5.74) is 6.09. The normalized spacial score (nSPS) is 15.6. The second-order valence-corrected chi connectivity index (χ2v) is 12.5. The Hall–Kier alpha value is -4.25. The van der Waals surface area contributed by atoms with Crippen LogP contribution in [-0.2, 0) is 0 Å². The summed E-state index contributed by atoms with van der Waals surface area (Å²) in [4.78, 5) is 16.7. The number of carbonyl (C=O) groups is 1. The SMILES string of the molecule is CC(=O)c1ccc(Oc2ccc(C)c(N3CCC(CC4CCN(c5ccccc5C)CC4)CC3)c2)cc1.COc1ccccc1. The lowest BCUT2D eigenvalue weighted by Crippen LogP contribution is -2.37. The number of methoxy groups -OCH3 is 1. The molecule has 2 aliphatic rings. The van der Waals surface area contributed by atoms with Crippen molar-refractivity contribution in [1.82, 2.24) is 0 Å². The number of nitrogens with zero attached hydrogens (tertiary/aromatic N) is 2. The molecule has 0 N–H and O–H groups in total. The third-order valence-electron chi connectivity index (χ3n) is 9.35. The minimum atomic E-state index is 0.0697. The first-order valence-electron chi connectivity index (χ1n) is 16.4. The van der Waals surface area contributed by atoms with E-state index in [1.807, 2.05) is 60.7 Å². The standard InChI is InChI=1S/C33H40N2O2.C7H8O/c1-24-6-4-5-7-32(24)34-18-14-27(15-19-34)22-28-16-20-35(21-17-28)33-23-31(11-8-25(33)2)37-30-12-9-29(10-13-30)26(3)36;1-8-7-5-3-2-4-6-7/h4-13,23,27-28H,14-22H2,1-3H3;2-6H,1H3. The van der Waals surface area contributed by atoms with Gasteiger partial charge in [0.1, 0.15) is 17.2 Å². The highest BCUT2D eigenvalue weighted by atomic mass is 16.5. The lowest BCUT2D eigenvalue weighted by atomic mass is 9.82. The van der Waals surface area contributed by atoms with E-state index in [2.05, 4.69) is 60.0 Å². The highest BCUT2D eigenvalue weighted by Crippen LogP contribution is 2.35. The van der Waals surface area contributed by atoms with Crippen molar-refractivity contribution >= 4 is 17.2 Å². The van der Waals surface area contributed by atoms with E-state index in [9.17, 15) is 4.79 Å². The number of ketones is 1. The molecule has 0 unspecified atom stereocenters. The molecule has 4 aromatic rings. The first-order valence-corrected chi connectivity index (χ1v) is 16.4. The van der Waals surface area contributed by atoms with Crippen LogP contribution < -0.4 is 19.3 Å². The van der Waals surface area contributed by atoms with Gasteiger partial charge in [0.05, 0.1) is 7.11 Å². The molecule has 0 saturated carbocycles. The molecule has 6 rings (SSSR count). The molecule has 0 bridgehead atoms. The average molecular weight is 605 g/mol. The molecule has 5 heteroatoms. The fourth-order valence-electron chi connectivity index (χ4n) is 6.65. The van der Waals surface area contributed by atoms with E-state index in [0.717, 1.165) is 42.2 Å². The van der Waals surface area contributed by atoms with Crippen molar-refractivity contribution in [3.63, 3.8) is 0 Å². The van der Waals surface area contributed by atoms with Gasteiger partial charge in [-0.1, -0.05) is 42.5 Å². The first-order chi connectivity index (χ1) is 21.9. The summed E-state index contributed by atoms with van der Waals surface area (Å²) in [5, 5.41) is 0. The van der Waals surface area contributed by atoms with E-state index in [0.29, 0.717) is 5.56 Å². The zero-order chi connectivity index (χ0) is 31.6. The van der Waals surface area contributed by atoms with Crippen LogP contribution in [0.2, 0.25) is 0 Å². The molecule has 2 saturated heterocycles. The Kier molecular flexibility index (Phi) is 11.2. The summed E-state index contributed by atoms with van der Waals surface area (Å²) < 4.78 is 11.0. The quantitative estimate of drug-likeness (QED) is 0.187. The van der Waals surface area contributed by atoms with Crippen molar-refractivity contribution in [2.24, 2.45) is 11.8 Å². The van der Waals surface area contributed by atoms with Gasteiger partial charge in [-0.15, -0.1) is 0 Å². The zero-order valence-corrected chi connectivity index (χ0v) is 27.4. The summed E-state index contributed by atoms with van der Waals surface area (Å²) in [6.45, 7) is 10.6. The number of para-hydroxylation sites is 2. The van der Waals surface area contributed by atoms with Crippen LogP contribution >= 0.6 is 0 Å². The number of rotatable bonds is 8. The summed E-state index contributed by atoms with van der Waals surface area (Å²) >= 11 is 0. The van der Waals surface area contributed by atoms with E-state index in [-0.39, 0.29) is 5.78 Å². The van der Waals surface area contributed by atoms with Crippen molar-refractivity contribution in [1.29, 1.82) is 0 Å². The largest absolute Gasteiger partial charge is 0.497 e. The molecule has 236 valence electrons. The molecule has 0 aromatic heterocycles. The van der Waals surface area contributed by atoms with Crippen molar-refractivity contribution in [2.75, 3.05) is 43.1 Å². The number of hydrogen-bond donors (Lipinski definition) is 0. The summed E-state index contributed by atoms with van der Waals surface area (Å²) in [6.07, 6.45) is 6.57. The highest BCUT2D eigenvalue weighted by Gasteiger charge is 2.26. The maximum absolute atomic E-state index is 11.5. The first kappa shape index (κ1) is 32.2. The second kappa shape index (κ2) is 15.7. The van der Waals surface area contributed by atoms with Crippen LogP contribution in [0, 0.1) is 25.7 Å². The fourth-order valence-corrected chi connectivity index (χ4v) is 6.65. The van der Waals surface area contributed by atoms with E-state index >= 15 is 0 Å². The molecular weight excluding hydrogens is 556 g/mol. The smallest absolute Gasteiger partial charge is 0.159 e. The molecule has 0 amide bonds. The van der Waals surface area contributed by atoms with E-state index in [4.69, 9.17) is 9.47 Å². The van der Waals surface area contributed by atoms with Crippen LogP contribution in [0.4, 0.5) is 11.4 Å². The Labute approximate surface area is 269 Å². The molecule has 5 nitrogen and oxygen atoms in total. The predicted octanol–water partition coefficient (Wildman–Crippen LogP) is 9.52. The van der Waals surface area contributed by atoms with Gasteiger partial charge >= 0.3 is 0 Å². The van der Waals surface area contributed by atoms with Gasteiger partial charge in [-0.2, -0.15) is 0 Å². The number of hydrogen-bond acceptors (Lipinski definition) is 5. The van der Waals surface area contributed by atoms with Gasteiger partial charge in [0.15, 0.2) is 5.78 Å². The van der Waals surface area contributed by atoms with Crippen molar-refractivity contribution in [3.8, 4) is 17.2 Å². The number of piperidine rings is 2. The van der Waals surface area contributed by atoms with Gasteiger partial charge in [-0.3, -0.25) is 4.79 Å². The van der Waals surface area contributed by atoms with Gasteiger partial charge in [0, 0.05) is 49.2 Å². The molecule has 0 atom stereocenters. The topological polar surface area (TPSA) is 42.0 Å². The van der Waals surface area contributed by atoms with Crippen LogP contribution in [-0.4, -0.2) is 39.1 Å². The molecule has 0 spiro atoms. The molecule has 2 aliphatic heterocycles. The number of carbonyl (C=O) groups excluding carboxylic acids is 1. The van der Waals surface area contributed by atoms with Gasteiger partial charge in [-0.25, -0.2) is 0 Å². The number of ether oxygens (including phenoxy) is 2. The lowest BCUT2D eigenvalue weighted by molar-refractivity contribution is 0.101. The van der Waals surface area contributed by atoms with Crippen LogP contribution in [0.15, 0.2) is 97.1 Å². The Bertz CT molecular complexity index is 1500. The number of anilines is 2. The van der Waals surface area contributed by atoms with Crippen LogP contribution in [0.3, 0.4) is 0 Å². The summed E-state index contributed by atoms with van der Waals surface area (Å²) in [6, 6.07) is 32.2. The van der Waals surface area contributed by atoms with Gasteiger partial charge in [0.25, 0.3) is 0 Å². The zero-order valence-electron chi connectivity index (χ0n) is 27.4. The summed E-state index contributed by atoms with van der Waals surface area (Å²) in [5.74, 6) is 4.29. The molecule has 4 aromatic carbocycles. The van der Waals surface area contributed by atoms with Crippen molar-refractivity contribution < 1.29 is 14.3 Å². The third kappa shape index (κ3) is 8.91. The van der Waals surface area contributed by atoms with Crippen LogP contribution in [0.5, 0.6) is 17.2 Å². The van der Waals surface area contributed by atoms with E-state index in [1.54, 1.807) is 14.0 Å². The van der Waals surface area contributed by atoms with Crippen molar-refractivity contribution in [3.05, 3.63) is 114 Å².